The van der Waals surface area contributed by atoms with E-state index in [-0.39, 0.29) is 28.0 Å². The molecule has 0 saturated carbocycles. The highest BCUT2D eigenvalue weighted by molar-refractivity contribution is 6.14. The van der Waals surface area contributed by atoms with Crippen LogP contribution in [0.3, 0.4) is 0 Å². The molecule has 5 heterocycles. The van der Waals surface area contributed by atoms with Crippen LogP contribution in [0, 0.1) is 42.6 Å². The van der Waals surface area contributed by atoms with Gasteiger partial charge in [-0.3, -0.25) is 24.5 Å². The Morgan fingerprint density at radius 2 is 0.628 bits per heavy atom. The summed E-state index contributed by atoms with van der Waals surface area (Å²) < 4.78 is 2.28. The molecule has 1 aromatic carbocycles. The Morgan fingerprint density at radius 1 is 0.372 bits per heavy atom. The molecule has 8 bridgehead atoms. The van der Waals surface area contributed by atoms with Crippen LogP contribution in [0.25, 0.3) is 28.1 Å². The van der Waals surface area contributed by atoms with E-state index >= 15 is 0 Å². The zero-order valence-electron chi connectivity index (χ0n) is 49.0. The Kier molecular flexibility index (Phi) is 13.3. The lowest BCUT2D eigenvalue weighted by Crippen LogP contribution is -2.28. The summed E-state index contributed by atoms with van der Waals surface area (Å²) in [7, 11) is 0. The fraction of sp³-hybridized carbons (Fsp3) is 0.368. The fourth-order valence-electron chi connectivity index (χ4n) is 11.1. The third-order valence-corrected chi connectivity index (χ3v) is 15.4. The molecule has 10 nitrogen and oxygen atoms in total. The molecule has 0 saturated heterocycles. The van der Waals surface area contributed by atoms with Gasteiger partial charge in [0, 0.05) is 91.6 Å². The summed E-state index contributed by atoms with van der Waals surface area (Å²) in [6, 6.07) is 23.6. The van der Waals surface area contributed by atoms with Crippen molar-refractivity contribution >= 4 is 39.8 Å². The number of allylic oxidation sites excluding steroid dienone is 15. The van der Waals surface area contributed by atoms with Crippen LogP contribution < -0.4 is 0 Å². The number of aromatic nitrogens is 4. The van der Waals surface area contributed by atoms with E-state index in [0.29, 0.717) is 28.8 Å². The monoisotopic (exact) mass is 1040 g/mol. The van der Waals surface area contributed by atoms with Crippen LogP contribution in [0.4, 0.5) is 5.69 Å². The number of hydrogen-bond donors (Lipinski definition) is 3. The summed E-state index contributed by atoms with van der Waals surface area (Å²) in [6.07, 6.45) is 12.4. The van der Waals surface area contributed by atoms with E-state index < -0.39 is 32.5 Å². The first-order chi connectivity index (χ1) is 36.0. The first-order valence-electron chi connectivity index (χ1n) is 27.2. The van der Waals surface area contributed by atoms with Gasteiger partial charge in [0.2, 0.25) is 0 Å². The predicted molar refractivity (Wildman–Crippen MR) is 316 cm³/mol. The number of Topliss-reactive ketones (excluding diaryl/α,β-unsaturated/α-hetero) is 3. The lowest BCUT2D eigenvalue weighted by molar-refractivity contribution is -0.384. The van der Waals surface area contributed by atoms with Crippen LogP contribution in [-0.2, 0) is 20.9 Å². The Balaban J connectivity index is 1.50. The number of aromatic amines is 3. The van der Waals surface area contributed by atoms with Crippen molar-refractivity contribution in [2.24, 2.45) is 32.5 Å². The minimum Gasteiger partial charge on any atom is -0.354 e. The number of nitrogens with one attached hydrogen (secondary N) is 3. The van der Waals surface area contributed by atoms with Crippen LogP contribution in [0.5, 0.6) is 0 Å². The molecule has 9 rings (SSSR count). The number of carbonyl (C=O) groups excluding carboxylic acids is 3. The second-order valence-corrected chi connectivity index (χ2v) is 27.8. The van der Waals surface area contributed by atoms with Crippen molar-refractivity contribution in [2.45, 2.75) is 131 Å². The molecule has 0 radical (unpaired) electrons. The number of H-pyrrole nitrogens is 3. The highest BCUT2D eigenvalue weighted by Gasteiger charge is 2.39. The van der Waals surface area contributed by atoms with Crippen molar-refractivity contribution < 1.29 is 19.3 Å². The van der Waals surface area contributed by atoms with Crippen molar-refractivity contribution in [1.82, 2.24) is 19.5 Å². The van der Waals surface area contributed by atoms with Gasteiger partial charge in [0.1, 0.15) is 0 Å². The number of ketones is 3. The van der Waals surface area contributed by atoms with Gasteiger partial charge in [-0.2, -0.15) is 0 Å². The summed E-state index contributed by atoms with van der Waals surface area (Å²) >= 11 is 0. The molecule has 0 spiro atoms. The lowest BCUT2D eigenvalue weighted by atomic mass is 9.71. The Bertz CT molecular complexity index is 3580. The van der Waals surface area contributed by atoms with Gasteiger partial charge in [-0.15, -0.1) is 0 Å². The summed E-state index contributed by atoms with van der Waals surface area (Å²) in [6.45, 7) is 37.8. The van der Waals surface area contributed by atoms with Crippen molar-refractivity contribution in [3.8, 4) is 11.4 Å². The maximum Gasteiger partial charge on any atom is 0.269 e. The Hall–Kier alpha value is -7.59. The van der Waals surface area contributed by atoms with Gasteiger partial charge in [0.25, 0.3) is 5.69 Å². The summed E-state index contributed by atoms with van der Waals surface area (Å²) in [4.78, 5) is 67.2. The number of fused-ring (bicyclic) bond motifs is 9. The quantitative estimate of drug-likeness (QED) is 0.119. The van der Waals surface area contributed by atoms with E-state index in [2.05, 4.69) is 229 Å². The van der Waals surface area contributed by atoms with Gasteiger partial charge >= 0.3 is 0 Å². The maximum atomic E-state index is 14.8. The predicted octanol–water partition coefficient (Wildman–Crippen LogP) is 16.4. The topological polar surface area (TPSA) is 147 Å². The first-order valence-corrected chi connectivity index (χ1v) is 27.2. The number of nitro benzene ring substituents is 1. The summed E-state index contributed by atoms with van der Waals surface area (Å²) in [5.41, 5.74) is 13.8. The molecule has 10 heteroatoms. The van der Waals surface area contributed by atoms with Crippen LogP contribution in [-0.4, -0.2) is 41.8 Å². The molecule has 78 heavy (non-hydrogen) atoms. The number of rotatable bonds is 3. The van der Waals surface area contributed by atoms with Gasteiger partial charge in [-0.1, -0.05) is 137 Å². The van der Waals surface area contributed by atoms with Crippen LogP contribution in [0.2, 0.25) is 0 Å². The second kappa shape index (κ2) is 18.8. The molecule has 1 aliphatic heterocycles. The fourth-order valence-corrected chi connectivity index (χ4v) is 11.1. The van der Waals surface area contributed by atoms with Crippen molar-refractivity contribution in [3.63, 3.8) is 0 Å². The highest BCUT2D eigenvalue weighted by Crippen LogP contribution is 2.48. The number of nitro groups is 1. The third-order valence-electron chi connectivity index (χ3n) is 15.4. The van der Waals surface area contributed by atoms with E-state index in [1.54, 1.807) is 12.1 Å². The van der Waals surface area contributed by atoms with Crippen molar-refractivity contribution in [1.29, 1.82) is 0 Å². The number of benzene rings is 1. The molecule has 0 atom stereocenters. The molecule has 5 aromatic rings. The molecule has 4 aliphatic rings. The van der Waals surface area contributed by atoms with E-state index in [4.69, 9.17) is 0 Å². The number of non-ortho nitro benzene ring substituents is 1. The molecular weight excluding hydrogens is 967 g/mol. The third kappa shape index (κ3) is 10.2. The van der Waals surface area contributed by atoms with Gasteiger partial charge in [-0.05, 0) is 140 Å². The van der Waals surface area contributed by atoms with E-state index in [9.17, 15) is 24.5 Å². The first kappa shape index (κ1) is 55.2. The largest absolute Gasteiger partial charge is 0.354 e. The van der Waals surface area contributed by atoms with Gasteiger partial charge < -0.3 is 19.5 Å². The molecule has 0 unspecified atom stereocenters. The standard InChI is InChI=1S/C68H77N5O5/c1-63(2,3)43-31-39(32-44(60(43)74)64(4,5)6)57-51-25-23-49(69-51)50-24-26-53(70-50)58(40-33-45(65(7,8)9)61(75)46(34-40)66(10,11)12)55-29-30-56(72(55)37-38-19-21-42(22-20-38)73(77)78)59(54-28-27-52(57)71-54)41-35-47(67(13,14)15)62(76)48(36-41)68(16,17)18/h19-36,69-71H,37H2,1-18H3. The smallest absolute Gasteiger partial charge is 0.269 e. The van der Waals surface area contributed by atoms with E-state index in [0.717, 1.165) is 95.7 Å². The van der Waals surface area contributed by atoms with E-state index in [1.807, 2.05) is 12.1 Å². The summed E-state index contributed by atoms with van der Waals surface area (Å²) in [5.74, 6) is 0.0801. The van der Waals surface area contributed by atoms with E-state index in [1.165, 1.54) is 0 Å². The minimum atomic E-state index is -0.523. The molecule has 3 aliphatic carbocycles. The molecule has 0 amide bonds. The molecule has 4 aromatic heterocycles. The Morgan fingerprint density at radius 3 is 0.910 bits per heavy atom. The summed E-state index contributed by atoms with van der Waals surface area (Å²) in [5, 5.41) is 12.1. The van der Waals surface area contributed by atoms with Gasteiger partial charge in [0.15, 0.2) is 17.3 Å². The van der Waals surface area contributed by atoms with Gasteiger partial charge in [-0.25, -0.2) is 0 Å². The Labute approximate surface area is 460 Å². The maximum absolute atomic E-state index is 14.8. The normalized spacial score (nSPS) is 17.1. The average Bonchev–Trinajstić information content (AvgIpc) is 4.28. The minimum absolute atomic E-state index is 0.00711. The lowest BCUT2D eigenvalue weighted by Gasteiger charge is -2.32. The van der Waals surface area contributed by atoms with Gasteiger partial charge in [0.05, 0.1) is 27.7 Å². The SMILES string of the molecule is CC(C)(C)C1=CC(=C2c3ccc([nH]3)C(=C3C=C(C(C)(C)C)C(=O)C(C(C)(C)C)=C3)c3ccc(n3Cc3ccc([N+](=O)[O-])cc3)C(=C3C=C(C(C)(C)C)C(=O)C(C(C)(C)C)=C3)c3ccc([nH]3)-c3ccc2[nH]3)C=C(C(C)(C)C)C1=O. The average molecular weight is 1040 g/mol. The van der Waals surface area contributed by atoms with Crippen molar-refractivity contribution in [3.05, 3.63) is 209 Å². The molecular formula is C68H77N5O5. The zero-order valence-corrected chi connectivity index (χ0v) is 49.0. The molecule has 3 N–H and O–H groups in total. The second-order valence-electron chi connectivity index (χ2n) is 27.8. The van der Waals surface area contributed by atoms with Crippen LogP contribution >= 0.6 is 0 Å². The van der Waals surface area contributed by atoms with Crippen molar-refractivity contribution in [2.75, 3.05) is 0 Å². The number of hydrogen-bond acceptors (Lipinski definition) is 5. The number of nitrogens with zero attached hydrogens (tertiary/aromatic N) is 2. The number of carbonyl (C=O) groups is 3. The molecule has 404 valence electrons. The van der Waals surface area contributed by atoms with Crippen LogP contribution in [0.15, 0.2) is 159 Å². The van der Waals surface area contributed by atoms with Crippen LogP contribution in [0.1, 0.15) is 164 Å². The zero-order chi connectivity index (χ0) is 57.1. The molecule has 0 fully saturated rings. The highest BCUT2D eigenvalue weighted by atomic mass is 16.6.